The topological polar surface area (TPSA) is 56.0 Å². The predicted molar refractivity (Wildman–Crippen MR) is 36.6 cm³/mol. The Hall–Kier alpha value is -1.09. The van der Waals surface area contributed by atoms with Crippen LogP contribution in [0.15, 0.2) is 12.1 Å². The number of halogens is 1. The number of amides is 1. The highest BCUT2D eigenvalue weighted by atomic mass is 35.5. The zero-order valence-electron chi connectivity index (χ0n) is 4.97. The monoisotopic (exact) mass is 155 g/mol. The lowest BCUT2D eigenvalue weighted by Crippen LogP contribution is -2.12. The zero-order chi connectivity index (χ0) is 7.56. The molecule has 1 aromatic heterocycles. The summed E-state index contributed by atoms with van der Waals surface area (Å²) in [6, 6.07) is 5.52. The molecule has 2 N–H and O–H groups in total. The quantitative estimate of drug-likeness (QED) is 0.605. The summed E-state index contributed by atoms with van der Waals surface area (Å²) in [5.41, 5.74) is 5.06. The molecule has 1 aromatic rings. The molecule has 0 unspecified atom stereocenters. The first-order chi connectivity index (χ1) is 4.70. The highest BCUT2D eigenvalue weighted by molar-refractivity contribution is 6.29. The maximum atomic E-state index is 10.4. The van der Waals surface area contributed by atoms with Gasteiger partial charge in [0, 0.05) is 6.07 Å². The Kier molecular flexibility index (Phi) is 1.87. The fourth-order valence-electron chi connectivity index (χ4n) is 0.502. The Morgan fingerprint density at radius 3 is 2.90 bits per heavy atom. The van der Waals surface area contributed by atoms with Crippen LogP contribution < -0.4 is 5.73 Å². The first-order valence-electron chi connectivity index (χ1n) is 2.54. The summed E-state index contributed by atoms with van der Waals surface area (Å²) in [5, 5.41) is 0.149. The number of hydrogen-bond donors (Lipinski definition) is 1. The standard InChI is InChI=1S/C6H4ClN2O/c7-5-3-1-2-4(9-5)6(8)10/h1-2H,(H2,8,10). The van der Waals surface area contributed by atoms with Crippen LogP contribution in [0.25, 0.3) is 0 Å². The van der Waals surface area contributed by atoms with Gasteiger partial charge in [-0.2, -0.15) is 0 Å². The Morgan fingerprint density at radius 1 is 1.80 bits per heavy atom. The first kappa shape index (κ1) is 7.02. The van der Waals surface area contributed by atoms with Crippen LogP contribution in [-0.4, -0.2) is 10.9 Å². The fraction of sp³-hybridized carbons (Fsp3) is 0. The highest BCUT2D eigenvalue weighted by Crippen LogP contribution is 2.02. The number of nitrogens with zero attached hydrogens (tertiary/aromatic N) is 1. The number of carbonyl (C=O) groups excluding carboxylic acids is 1. The minimum absolute atomic E-state index is 0.149. The van der Waals surface area contributed by atoms with Crippen LogP contribution in [0.4, 0.5) is 0 Å². The number of pyridine rings is 1. The van der Waals surface area contributed by atoms with Crippen LogP contribution in [0.5, 0.6) is 0 Å². The van der Waals surface area contributed by atoms with Crippen molar-refractivity contribution >= 4 is 17.5 Å². The van der Waals surface area contributed by atoms with E-state index in [0.717, 1.165) is 0 Å². The van der Waals surface area contributed by atoms with Gasteiger partial charge in [0.2, 0.25) is 0 Å². The molecule has 4 heteroatoms. The molecular weight excluding hydrogens is 152 g/mol. The van der Waals surface area contributed by atoms with Crippen LogP contribution in [0.3, 0.4) is 0 Å². The lowest BCUT2D eigenvalue weighted by Gasteiger charge is -1.91. The largest absolute Gasteiger partial charge is 0.364 e. The van der Waals surface area contributed by atoms with Crippen molar-refractivity contribution in [1.29, 1.82) is 0 Å². The maximum Gasteiger partial charge on any atom is 0.267 e. The van der Waals surface area contributed by atoms with Gasteiger partial charge in [-0.05, 0) is 12.1 Å². The van der Waals surface area contributed by atoms with Crippen molar-refractivity contribution in [3.8, 4) is 0 Å². The Balaban J connectivity index is 3.07. The molecule has 0 aromatic carbocycles. The third kappa shape index (κ3) is 1.45. The van der Waals surface area contributed by atoms with Gasteiger partial charge < -0.3 is 5.73 Å². The van der Waals surface area contributed by atoms with E-state index < -0.39 is 5.91 Å². The number of rotatable bonds is 1. The summed E-state index contributed by atoms with van der Waals surface area (Å²) < 4.78 is 0. The minimum atomic E-state index is -0.587. The molecule has 0 saturated carbocycles. The van der Waals surface area contributed by atoms with Crippen molar-refractivity contribution in [3.63, 3.8) is 0 Å². The van der Waals surface area contributed by atoms with Crippen LogP contribution in [0.1, 0.15) is 10.5 Å². The highest BCUT2D eigenvalue weighted by Gasteiger charge is 2.00. The second kappa shape index (κ2) is 2.66. The summed E-state index contributed by atoms with van der Waals surface area (Å²) >= 11 is 5.41. The molecule has 0 spiro atoms. The van der Waals surface area contributed by atoms with Crippen molar-refractivity contribution in [2.24, 2.45) is 5.73 Å². The molecule has 1 heterocycles. The molecule has 1 radical (unpaired) electrons. The van der Waals surface area contributed by atoms with Gasteiger partial charge in [-0.3, -0.25) is 4.79 Å². The molecule has 1 rings (SSSR count). The third-order valence-electron chi connectivity index (χ3n) is 0.915. The Labute approximate surface area is 62.8 Å². The summed E-state index contributed by atoms with van der Waals surface area (Å²) in [7, 11) is 0. The van der Waals surface area contributed by atoms with Gasteiger partial charge >= 0.3 is 0 Å². The summed E-state index contributed by atoms with van der Waals surface area (Å²) in [6.07, 6.45) is 0. The van der Waals surface area contributed by atoms with Gasteiger partial charge in [0.25, 0.3) is 5.91 Å². The Bertz CT molecular complexity index is 262. The van der Waals surface area contributed by atoms with Gasteiger partial charge in [0.1, 0.15) is 10.8 Å². The molecule has 51 valence electrons. The number of aromatic nitrogens is 1. The smallest absolute Gasteiger partial charge is 0.267 e. The molecule has 0 atom stereocenters. The van der Waals surface area contributed by atoms with Gasteiger partial charge in [-0.1, -0.05) is 11.6 Å². The fourth-order valence-corrected chi connectivity index (χ4v) is 0.656. The van der Waals surface area contributed by atoms with Crippen molar-refractivity contribution in [1.82, 2.24) is 4.98 Å². The zero-order valence-corrected chi connectivity index (χ0v) is 5.72. The lowest BCUT2D eigenvalue weighted by molar-refractivity contribution is 0.0995. The van der Waals surface area contributed by atoms with E-state index in [1.54, 1.807) is 0 Å². The average Bonchev–Trinajstić information content (AvgIpc) is 1.88. The van der Waals surface area contributed by atoms with E-state index >= 15 is 0 Å². The number of primary amides is 1. The number of nitrogens with two attached hydrogens (primary N) is 1. The molecule has 0 bridgehead atoms. The minimum Gasteiger partial charge on any atom is -0.364 e. The van der Waals surface area contributed by atoms with Crippen LogP contribution >= 0.6 is 11.6 Å². The van der Waals surface area contributed by atoms with Crippen LogP contribution in [-0.2, 0) is 0 Å². The van der Waals surface area contributed by atoms with E-state index in [1.165, 1.54) is 12.1 Å². The number of hydrogen-bond acceptors (Lipinski definition) is 2. The average molecular weight is 156 g/mol. The molecule has 10 heavy (non-hydrogen) atoms. The van der Waals surface area contributed by atoms with E-state index in [4.69, 9.17) is 17.3 Å². The SMILES string of the molecule is NC(=O)c1cc[c]c(Cl)n1. The van der Waals surface area contributed by atoms with E-state index in [2.05, 4.69) is 11.1 Å². The van der Waals surface area contributed by atoms with E-state index in [-0.39, 0.29) is 10.8 Å². The third-order valence-corrected chi connectivity index (χ3v) is 1.11. The van der Waals surface area contributed by atoms with E-state index in [1.807, 2.05) is 0 Å². The first-order valence-corrected chi connectivity index (χ1v) is 2.92. The van der Waals surface area contributed by atoms with Gasteiger partial charge in [0.15, 0.2) is 0 Å². The summed E-state index contributed by atoms with van der Waals surface area (Å²) in [6.45, 7) is 0. The van der Waals surface area contributed by atoms with E-state index in [0.29, 0.717) is 0 Å². The van der Waals surface area contributed by atoms with Gasteiger partial charge in [0.05, 0.1) is 0 Å². The normalized spacial score (nSPS) is 9.30. The van der Waals surface area contributed by atoms with Crippen LogP contribution in [0, 0.1) is 6.07 Å². The maximum absolute atomic E-state index is 10.4. The van der Waals surface area contributed by atoms with Crippen molar-refractivity contribution in [2.75, 3.05) is 0 Å². The van der Waals surface area contributed by atoms with Crippen molar-refractivity contribution in [2.45, 2.75) is 0 Å². The van der Waals surface area contributed by atoms with Gasteiger partial charge in [-0.15, -0.1) is 0 Å². The summed E-state index contributed by atoms with van der Waals surface area (Å²) in [4.78, 5) is 14.0. The second-order valence-corrected chi connectivity index (χ2v) is 1.99. The molecular formula is C6H4ClN2O. The second-order valence-electron chi connectivity index (χ2n) is 1.63. The molecule has 0 aliphatic heterocycles. The van der Waals surface area contributed by atoms with Crippen molar-refractivity contribution < 1.29 is 4.79 Å². The van der Waals surface area contributed by atoms with E-state index in [9.17, 15) is 4.79 Å². The Morgan fingerprint density at radius 2 is 2.50 bits per heavy atom. The summed E-state index contributed by atoms with van der Waals surface area (Å²) in [5.74, 6) is -0.587. The van der Waals surface area contributed by atoms with Gasteiger partial charge in [-0.25, -0.2) is 4.98 Å². The molecule has 0 fully saturated rings. The van der Waals surface area contributed by atoms with Crippen LogP contribution in [0.2, 0.25) is 5.15 Å². The van der Waals surface area contributed by atoms with Crippen molar-refractivity contribution in [3.05, 3.63) is 29.0 Å². The molecule has 1 amide bonds. The molecule has 3 nitrogen and oxygen atoms in total. The molecule has 0 saturated heterocycles. The lowest BCUT2D eigenvalue weighted by atomic mass is 10.3. The predicted octanol–water partition coefficient (Wildman–Crippen LogP) is 0.634. The number of carbonyl (C=O) groups is 1. The molecule has 0 aliphatic carbocycles. The molecule has 0 aliphatic rings.